The van der Waals surface area contributed by atoms with Crippen LogP contribution in [0.5, 0.6) is 5.88 Å². The lowest BCUT2D eigenvalue weighted by Gasteiger charge is -2.37. The monoisotopic (exact) mass is 277 g/mol. The Morgan fingerprint density at radius 1 is 1.45 bits per heavy atom. The quantitative estimate of drug-likeness (QED) is 0.880. The van der Waals surface area contributed by atoms with E-state index in [9.17, 15) is 9.59 Å². The van der Waals surface area contributed by atoms with Gasteiger partial charge in [-0.1, -0.05) is 13.0 Å². The van der Waals surface area contributed by atoms with Gasteiger partial charge in [-0.25, -0.2) is 4.98 Å². The second-order valence-corrected chi connectivity index (χ2v) is 4.79. The van der Waals surface area contributed by atoms with Crippen molar-refractivity contribution in [1.29, 1.82) is 0 Å². The van der Waals surface area contributed by atoms with Gasteiger partial charge in [-0.3, -0.25) is 9.59 Å². The van der Waals surface area contributed by atoms with Gasteiger partial charge in [0, 0.05) is 11.8 Å². The van der Waals surface area contributed by atoms with Gasteiger partial charge in [0.15, 0.2) is 0 Å². The summed E-state index contributed by atoms with van der Waals surface area (Å²) >= 11 is 0. The molecule has 2 unspecified atom stereocenters. The molecule has 20 heavy (non-hydrogen) atoms. The van der Waals surface area contributed by atoms with Crippen LogP contribution in [0, 0.1) is 0 Å². The topological polar surface area (TPSA) is 71.5 Å². The van der Waals surface area contributed by atoms with Crippen molar-refractivity contribution in [3.63, 3.8) is 0 Å². The number of amides is 2. The predicted molar refractivity (Wildman–Crippen MR) is 73.0 cm³/mol. The van der Waals surface area contributed by atoms with Crippen molar-refractivity contribution in [3.05, 3.63) is 23.9 Å². The van der Waals surface area contributed by atoms with Gasteiger partial charge in [-0.15, -0.1) is 0 Å². The van der Waals surface area contributed by atoms with E-state index in [-0.39, 0.29) is 11.8 Å². The fourth-order valence-corrected chi connectivity index (χ4v) is 2.42. The number of nitrogens with one attached hydrogen (secondary N) is 1. The van der Waals surface area contributed by atoms with E-state index in [1.807, 2.05) is 13.0 Å². The Morgan fingerprint density at radius 2 is 2.20 bits per heavy atom. The standard InChI is InChI=1S/C14H19N3O3/c1-4-11-12(18)16-9(2)14(19)17(11)8-10-6-5-7-15-13(10)20-3/h5-7,9,11H,4,8H2,1-3H3,(H,16,18). The van der Waals surface area contributed by atoms with E-state index in [2.05, 4.69) is 10.3 Å². The van der Waals surface area contributed by atoms with Crippen molar-refractivity contribution >= 4 is 11.8 Å². The van der Waals surface area contributed by atoms with Gasteiger partial charge in [-0.05, 0) is 19.4 Å². The molecule has 6 heteroatoms. The summed E-state index contributed by atoms with van der Waals surface area (Å²) < 4.78 is 5.20. The minimum absolute atomic E-state index is 0.0812. The summed E-state index contributed by atoms with van der Waals surface area (Å²) in [6.07, 6.45) is 2.21. The lowest BCUT2D eigenvalue weighted by molar-refractivity contribution is -0.149. The zero-order valence-electron chi connectivity index (χ0n) is 11.9. The maximum Gasteiger partial charge on any atom is 0.245 e. The minimum atomic E-state index is -0.493. The fraction of sp³-hybridized carbons (Fsp3) is 0.500. The van der Waals surface area contributed by atoms with Crippen LogP contribution in [0.25, 0.3) is 0 Å². The van der Waals surface area contributed by atoms with Crippen LogP contribution < -0.4 is 10.1 Å². The normalized spacial score (nSPS) is 22.6. The molecule has 0 aliphatic carbocycles. The molecule has 1 aliphatic rings. The van der Waals surface area contributed by atoms with E-state index in [4.69, 9.17) is 4.74 Å². The maximum absolute atomic E-state index is 12.3. The molecule has 2 rings (SSSR count). The number of hydrogen-bond acceptors (Lipinski definition) is 4. The van der Waals surface area contributed by atoms with Gasteiger partial charge in [0.05, 0.1) is 13.7 Å². The average molecular weight is 277 g/mol. The number of carbonyl (C=O) groups is 2. The summed E-state index contributed by atoms with van der Waals surface area (Å²) in [6, 6.07) is 2.70. The van der Waals surface area contributed by atoms with Crippen molar-refractivity contribution in [3.8, 4) is 5.88 Å². The van der Waals surface area contributed by atoms with Crippen LogP contribution in [-0.2, 0) is 16.1 Å². The average Bonchev–Trinajstić information content (AvgIpc) is 2.45. The van der Waals surface area contributed by atoms with Gasteiger partial charge < -0.3 is 15.0 Å². The van der Waals surface area contributed by atoms with Gasteiger partial charge in [0.25, 0.3) is 0 Å². The number of piperazine rings is 1. The second kappa shape index (κ2) is 5.90. The van der Waals surface area contributed by atoms with Gasteiger partial charge in [0.1, 0.15) is 12.1 Å². The third kappa shape index (κ3) is 2.59. The molecule has 0 bridgehead atoms. The molecule has 1 saturated heterocycles. The number of nitrogens with zero attached hydrogens (tertiary/aromatic N) is 2. The van der Waals surface area contributed by atoms with Crippen molar-refractivity contribution in [2.24, 2.45) is 0 Å². The zero-order chi connectivity index (χ0) is 14.7. The molecule has 1 aromatic rings. The molecule has 108 valence electrons. The molecule has 1 aliphatic heterocycles. The molecule has 6 nitrogen and oxygen atoms in total. The maximum atomic E-state index is 12.3. The van der Waals surface area contributed by atoms with Gasteiger partial charge in [-0.2, -0.15) is 0 Å². The Hall–Kier alpha value is -2.11. The minimum Gasteiger partial charge on any atom is -0.481 e. The Kier molecular flexibility index (Phi) is 4.22. The molecule has 2 amide bonds. The summed E-state index contributed by atoms with van der Waals surface area (Å²) in [5.41, 5.74) is 0.795. The first-order chi connectivity index (χ1) is 9.58. The molecule has 0 aromatic carbocycles. The Bertz CT molecular complexity index is 518. The third-order valence-corrected chi connectivity index (χ3v) is 3.46. The first-order valence-corrected chi connectivity index (χ1v) is 6.67. The van der Waals surface area contributed by atoms with Crippen LogP contribution in [0.2, 0.25) is 0 Å². The van der Waals surface area contributed by atoms with Crippen molar-refractivity contribution in [1.82, 2.24) is 15.2 Å². The molecule has 0 saturated carbocycles. The summed E-state index contributed by atoms with van der Waals surface area (Å²) in [5.74, 6) is 0.290. The Morgan fingerprint density at radius 3 is 2.85 bits per heavy atom. The molecule has 0 radical (unpaired) electrons. The van der Waals surface area contributed by atoms with Crippen LogP contribution in [-0.4, -0.2) is 40.9 Å². The Labute approximate surface area is 118 Å². The first-order valence-electron chi connectivity index (χ1n) is 6.67. The van der Waals surface area contributed by atoms with E-state index in [1.165, 1.54) is 7.11 Å². The van der Waals surface area contributed by atoms with E-state index in [0.717, 1.165) is 5.56 Å². The number of pyridine rings is 1. The lowest BCUT2D eigenvalue weighted by atomic mass is 10.0. The molecular weight excluding hydrogens is 258 g/mol. The van der Waals surface area contributed by atoms with E-state index in [0.29, 0.717) is 18.8 Å². The van der Waals surface area contributed by atoms with Crippen LogP contribution in [0.4, 0.5) is 0 Å². The number of carbonyl (C=O) groups excluding carboxylic acids is 2. The molecule has 1 N–H and O–H groups in total. The summed E-state index contributed by atoms with van der Waals surface area (Å²) in [4.78, 5) is 30.0. The molecule has 2 atom stereocenters. The second-order valence-electron chi connectivity index (χ2n) is 4.79. The molecule has 1 aromatic heterocycles. The van der Waals surface area contributed by atoms with Crippen LogP contribution in [0.15, 0.2) is 18.3 Å². The highest BCUT2D eigenvalue weighted by Crippen LogP contribution is 2.21. The summed E-state index contributed by atoms with van der Waals surface area (Å²) in [7, 11) is 1.54. The predicted octanol–water partition coefficient (Wildman–Crippen LogP) is 0.716. The highest BCUT2D eigenvalue weighted by atomic mass is 16.5. The van der Waals surface area contributed by atoms with Crippen molar-refractivity contribution in [2.45, 2.75) is 38.9 Å². The van der Waals surface area contributed by atoms with Crippen LogP contribution >= 0.6 is 0 Å². The number of hydrogen-bond donors (Lipinski definition) is 1. The van der Waals surface area contributed by atoms with E-state index < -0.39 is 12.1 Å². The van der Waals surface area contributed by atoms with Crippen LogP contribution in [0.1, 0.15) is 25.8 Å². The number of rotatable bonds is 4. The number of methoxy groups -OCH3 is 1. The summed E-state index contributed by atoms with van der Waals surface area (Å²) in [5, 5.41) is 2.70. The van der Waals surface area contributed by atoms with Crippen LogP contribution in [0.3, 0.4) is 0 Å². The van der Waals surface area contributed by atoms with Gasteiger partial charge in [0.2, 0.25) is 17.7 Å². The lowest BCUT2D eigenvalue weighted by Crippen LogP contribution is -2.61. The molecular formula is C14H19N3O3. The summed E-state index contributed by atoms with van der Waals surface area (Å²) in [6.45, 7) is 3.91. The number of aromatic nitrogens is 1. The Balaban J connectivity index is 2.28. The van der Waals surface area contributed by atoms with Crippen molar-refractivity contribution in [2.75, 3.05) is 7.11 Å². The number of ether oxygens (including phenoxy) is 1. The third-order valence-electron chi connectivity index (χ3n) is 3.46. The fourth-order valence-electron chi connectivity index (χ4n) is 2.42. The highest BCUT2D eigenvalue weighted by Gasteiger charge is 2.37. The smallest absolute Gasteiger partial charge is 0.245 e. The molecule has 1 fully saturated rings. The zero-order valence-corrected chi connectivity index (χ0v) is 11.9. The largest absolute Gasteiger partial charge is 0.481 e. The molecule has 0 spiro atoms. The van der Waals surface area contributed by atoms with E-state index in [1.54, 1.807) is 24.1 Å². The van der Waals surface area contributed by atoms with Gasteiger partial charge >= 0.3 is 0 Å². The first kappa shape index (κ1) is 14.3. The highest BCUT2D eigenvalue weighted by molar-refractivity contribution is 5.96. The van der Waals surface area contributed by atoms with Crippen molar-refractivity contribution < 1.29 is 14.3 Å². The van der Waals surface area contributed by atoms with E-state index >= 15 is 0 Å². The SMILES string of the molecule is CCC1C(=O)NC(C)C(=O)N1Cc1cccnc1OC. The molecule has 2 heterocycles.